The summed E-state index contributed by atoms with van der Waals surface area (Å²) in [5.74, 6) is 0.619. The average Bonchev–Trinajstić information content (AvgIpc) is 3.53. The Hall–Kier alpha value is -4.41. The molecule has 33 heavy (non-hydrogen) atoms. The van der Waals surface area contributed by atoms with E-state index in [0.29, 0.717) is 18.1 Å². The lowest BCUT2D eigenvalue weighted by Gasteiger charge is -2.15. The molecule has 0 amide bonds. The molecule has 0 fully saturated rings. The van der Waals surface area contributed by atoms with Gasteiger partial charge < -0.3 is 14.9 Å². The second-order valence-corrected chi connectivity index (χ2v) is 7.78. The van der Waals surface area contributed by atoms with Gasteiger partial charge in [-0.25, -0.2) is 0 Å². The van der Waals surface area contributed by atoms with Gasteiger partial charge in [0.25, 0.3) is 0 Å². The van der Waals surface area contributed by atoms with E-state index in [4.69, 9.17) is 14.9 Å². The first-order valence-electron chi connectivity index (χ1n) is 10.5. The van der Waals surface area contributed by atoms with Crippen LogP contribution in [0.2, 0.25) is 0 Å². The summed E-state index contributed by atoms with van der Waals surface area (Å²) in [5, 5.41) is 17.1. The number of nitrogens with zero attached hydrogens (tertiary/aromatic N) is 3. The maximum atomic E-state index is 9.37. The molecule has 0 spiro atoms. The van der Waals surface area contributed by atoms with Crippen LogP contribution >= 0.6 is 0 Å². The molecule has 162 valence electrons. The van der Waals surface area contributed by atoms with E-state index in [1.54, 1.807) is 18.7 Å². The number of ether oxygens (including phenoxy) is 1. The monoisotopic (exact) mass is 435 g/mol. The molecule has 0 saturated heterocycles. The number of H-pyrrole nitrogens is 1. The molecule has 7 nitrogen and oxygen atoms in total. The highest BCUT2D eigenvalue weighted by atomic mass is 16.5. The average molecular weight is 435 g/mol. The number of nitrogens with one attached hydrogen (secondary N) is 1. The molecule has 3 aromatic heterocycles. The van der Waals surface area contributed by atoms with Crippen molar-refractivity contribution in [2.24, 2.45) is 5.73 Å². The Morgan fingerprint density at radius 2 is 1.97 bits per heavy atom. The van der Waals surface area contributed by atoms with Gasteiger partial charge in [0, 0.05) is 22.6 Å². The fourth-order valence-electron chi connectivity index (χ4n) is 3.82. The molecule has 0 unspecified atom stereocenters. The molecular weight excluding hydrogens is 414 g/mol. The number of furan rings is 1. The van der Waals surface area contributed by atoms with Crippen molar-refractivity contribution in [3.8, 4) is 34.2 Å². The summed E-state index contributed by atoms with van der Waals surface area (Å²) in [6, 6.07) is 21.7. The summed E-state index contributed by atoms with van der Waals surface area (Å²) < 4.78 is 11.3. The number of nitriles is 1. The first kappa shape index (κ1) is 20.5. The number of nitrogens with two attached hydrogens (primary N) is 1. The standard InChI is InChI=1S/C26H21N5O2/c27-13-25-23-11-18(6-7-24(23)30-31-25)22-12-21(14-29-26(22)19-8-9-32-15-19)33-16-20(28)10-17-4-2-1-3-5-17/h1-9,11-12,14-15,20H,10,16,28H2,(H,30,31)/t20-/m1/s1. The van der Waals surface area contributed by atoms with E-state index < -0.39 is 0 Å². The lowest BCUT2D eigenvalue weighted by atomic mass is 9.99. The first-order chi connectivity index (χ1) is 16.2. The molecule has 0 saturated carbocycles. The van der Waals surface area contributed by atoms with Gasteiger partial charge in [-0.15, -0.1) is 0 Å². The number of fused-ring (bicyclic) bond motifs is 1. The third kappa shape index (κ3) is 4.33. The highest BCUT2D eigenvalue weighted by molar-refractivity contribution is 5.91. The maximum Gasteiger partial charge on any atom is 0.170 e. The van der Waals surface area contributed by atoms with Gasteiger partial charge in [0.2, 0.25) is 0 Å². The largest absolute Gasteiger partial charge is 0.490 e. The van der Waals surface area contributed by atoms with Gasteiger partial charge in [0.1, 0.15) is 18.4 Å². The van der Waals surface area contributed by atoms with Crippen LogP contribution in [-0.2, 0) is 6.42 Å². The van der Waals surface area contributed by atoms with E-state index in [1.165, 1.54) is 5.56 Å². The van der Waals surface area contributed by atoms with E-state index in [2.05, 4.69) is 33.4 Å². The molecule has 0 bridgehead atoms. The Labute approximate surface area is 190 Å². The van der Waals surface area contributed by atoms with Gasteiger partial charge in [-0.05, 0) is 41.8 Å². The molecule has 1 atom stereocenters. The zero-order valence-corrected chi connectivity index (χ0v) is 17.7. The SMILES string of the molecule is N#Cc1n[nH]c2ccc(-c3cc(OC[C@H](N)Cc4ccccc4)cnc3-c3ccoc3)cc12. The van der Waals surface area contributed by atoms with Crippen molar-refractivity contribution in [1.82, 2.24) is 15.2 Å². The van der Waals surface area contributed by atoms with E-state index >= 15 is 0 Å². The number of aromatic amines is 1. The number of benzene rings is 2. The van der Waals surface area contributed by atoms with Crippen molar-refractivity contribution in [3.63, 3.8) is 0 Å². The minimum atomic E-state index is -0.148. The predicted molar refractivity (Wildman–Crippen MR) is 125 cm³/mol. The molecule has 0 aliphatic rings. The normalized spacial score (nSPS) is 11.9. The van der Waals surface area contributed by atoms with Crippen LogP contribution in [0.15, 0.2) is 83.8 Å². The Kier molecular flexibility index (Phi) is 5.58. The first-order valence-corrected chi connectivity index (χ1v) is 10.5. The second kappa shape index (κ2) is 8.99. The van der Waals surface area contributed by atoms with Crippen LogP contribution in [-0.4, -0.2) is 27.8 Å². The molecule has 7 heteroatoms. The molecule has 5 aromatic rings. The lowest BCUT2D eigenvalue weighted by Crippen LogP contribution is -2.30. The van der Waals surface area contributed by atoms with E-state index in [0.717, 1.165) is 39.7 Å². The topological polar surface area (TPSA) is 114 Å². The van der Waals surface area contributed by atoms with E-state index in [9.17, 15) is 5.26 Å². The maximum absolute atomic E-state index is 9.37. The Morgan fingerprint density at radius 1 is 1.09 bits per heavy atom. The van der Waals surface area contributed by atoms with Gasteiger partial charge in [-0.1, -0.05) is 36.4 Å². The third-order valence-corrected chi connectivity index (χ3v) is 5.44. The van der Waals surface area contributed by atoms with Crippen molar-refractivity contribution in [2.75, 3.05) is 6.61 Å². The van der Waals surface area contributed by atoms with Crippen molar-refractivity contribution in [2.45, 2.75) is 12.5 Å². The van der Waals surface area contributed by atoms with Gasteiger partial charge in [-0.2, -0.15) is 10.4 Å². The number of aromatic nitrogens is 3. The zero-order valence-electron chi connectivity index (χ0n) is 17.7. The molecule has 5 rings (SSSR count). The summed E-state index contributed by atoms with van der Waals surface area (Å²) in [4.78, 5) is 4.66. The lowest BCUT2D eigenvalue weighted by molar-refractivity contribution is 0.287. The van der Waals surface area contributed by atoms with E-state index in [-0.39, 0.29) is 6.04 Å². The van der Waals surface area contributed by atoms with Crippen LogP contribution in [0.25, 0.3) is 33.3 Å². The smallest absolute Gasteiger partial charge is 0.170 e. The number of hydrogen-bond acceptors (Lipinski definition) is 6. The van der Waals surface area contributed by atoms with Gasteiger partial charge >= 0.3 is 0 Å². The number of pyridine rings is 1. The van der Waals surface area contributed by atoms with Crippen molar-refractivity contribution < 1.29 is 9.15 Å². The fraction of sp³-hybridized carbons (Fsp3) is 0.115. The van der Waals surface area contributed by atoms with Crippen molar-refractivity contribution >= 4 is 10.9 Å². The fourth-order valence-corrected chi connectivity index (χ4v) is 3.82. The number of rotatable bonds is 7. The van der Waals surface area contributed by atoms with Gasteiger partial charge in [-0.3, -0.25) is 10.1 Å². The Balaban J connectivity index is 1.46. The second-order valence-electron chi connectivity index (χ2n) is 7.78. The Bertz CT molecular complexity index is 1420. The Morgan fingerprint density at radius 3 is 2.76 bits per heavy atom. The molecule has 0 aliphatic heterocycles. The van der Waals surface area contributed by atoms with Crippen LogP contribution in [0.4, 0.5) is 0 Å². The summed E-state index contributed by atoms with van der Waals surface area (Å²) in [6.07, 6.45) is 5.68. The molecular formula is C26H21N5O2. The zero-order chi connectivity index (χ0) is 22.6. The van der Waals surface area contributed by atoms with Gasteiger partial charge in [0.15, 0.2) is 5.69 Å². The van der Waals surface area contributed by atoms with Crippen LogP contribution in [0.5, 0.6) is 5.75 Å². The molecule has 3 heterocycles. The van der Waals surface area contributed by atoms with Crippen molar-refractivity contribution in [3.05, 3.63) is 90.6 Å². The van der Waals surface area contributed by atoms with Crippen LogP contribution < -0.4 is 10.5 Å². The van der Waals surface area contributed by atoms with Crippen molar-refractivity contribution in [1.29, 1.82) is 5.26 Å². The minimum absolute atomic E-state index is 0.148. The van der Waals surface area contributed by atoms with E-state index in [1.807, 2.05) is 48.5 Å². The summed E-state index contributed by atoms with van der Waals surface area (Å²) in [5.41, 5.74) is 12.0. The molecule has 0 radical (unpaired) electrons. The van der Waals surface area contributed by atoms with Crippen LogP contribution in [0, 0.1) is 11.3 Å². The van der Waals surface area contributed by atoms with Crippen LogP contribution in [0.3, 0.4) is 0 Å². The third-order valence-electron chi connectivity index (χ3n) is 5.44. The molecule has 0 aliphatic carbocycles. The molecule has 3 N–H and O–H groups in total. The summed E-state index contributed by atoms with van der Waals surface area (Å²) in [7, 11) is 0. The highest BCUT2D eigenvalue weighted by Crippen LogP contribution is 2.35. The highest BCUT2D eigenvalue weighted by Gasteiger charge is 2.15. The predicted octanol–water partition coefficient (Wildman–Crippen LogP) is 4.71. The summed E-state index contributed by atoms with van der Waals surface area (Å²) >= 11 is 0. The number of hydrogen-bond donors (Lipinski definition) is 2. The minimum Gasteiger partial charge on any atom is -0.490 e. The van der Waals surface area contributed by atoms with Crippen LogP contribution in [0.1, 0.15) is 11.3 Å². The van der Waals surface area contributed by atoms with Gasteiger partial charge in [0.05, 0.1) is 29.9 Å². The molecule has 2 aromatic carbocycles. The summed E-state index contributed by atoms with van der Waals surface area (Å²) in [6.45, 7) is 0.362. The quantitative estimate of drug-likeness (QED) is 0.383.